The number of hydrogen-bond acceptors (Lipinski definition) is 6. The van der Waals surface area contributed by atoms with Gasteiger partial charge >= 0.3 is 5.97 Å². The second-order valence-electron chi connectivity index (χ2n) is 6.56. The summed E-state index contributed by atoms with van der Waals surface area (Å²) >= 11 is 0. The van der Waals surface area contributed by atoms with E-state index in [0.29, 0.717) is 17.0 Å². The number of rotatable bonds is 9. The van der Waals surface area contributed by atoms with Crippen molar-refractivity contribution in [1.82, 2.24) is 0 Å². The van der Waals surface area contributed by atoms with Gasteiger partial charge in [0.1, 0.15) is 5.75 Å². The normalized spacial score (nSPS) is 12.9. The van der Waals surface area contributed by atoms with E-state index >= 15 is 0 Å². The molecule has 0 saturated carbocycles. The van der Waals surface area contributed by atoms with Crippen LogP contribution in [0.4, 0.5) is 0 Å². The molecule has 6 nitrogen and oxygen atoms in total. The minimum absolute atomic E-state index is 0.0668. The van der Waals surface area contributed by atoms with Crippen molar-refractivity contribution in [1.29, 1.82) is 0 Å². The Hall–Kier alpha value is -2.93. The lowest BCUT2D eigenvalue weighted by molar-refractivity contribution is -0.142. The van der Waals surface area contributed by atoms with E-state index in [1.807, 2.05) is 31.2 Å². The molecule has 160 valence electrons. The van der Waals surface area contributed by atoms with E-state index in [0.717, 1.165) is 11.1 Å². The Morgan fingerprint density at radius 1 is 1.03 bits per heavy atom. The molecule has 0 fully saturated rings. The minimum Gasteiger partial charge on any atom is -0.497 e. The predicted octanol–water partition coefficient (Wildman–Crippen LogP) is 3.97. The maximum atomic E-state index is 12.9. The highest BCUT2D eigenvalue weighted by Crippen LogP contribution is 2.26. The van der Waals surface area contributed by atoms with Crippen molar-refractivity contribution in [3.05, 3.63) is 65.7 Å². The molecular weight excluding hydrogens is 402 g/mol. The Balaban J connectivity index is 2.49. The van der Waals surface area contributed by atoms with Gasteiger partial charge in [-0.2, -0.15) is 0 Å². The maximum Gasteiger partial charge on any atom is 0.310 e. The number of nitrogens with zero attached hydrogens (tertiary/aromatic N) is 1. The van der Waals surface area contributed by atoms with Crippen LogP contribution in [0.1, 0.15) is 25.8 Å². The summed E-state index contributed by atoms with van der Waals surface area (Å²) in [5.74, 6) is -0.0383. The van der Waals surface area contributed by atoms with Gasteiger partial charge in [-0.25, -0.2) is 8.42 Å². The third kappa shape index (κ3) is 6.03. The van der Waals surface area contributed by atoms with Gasteiger partial charge in [0.15, 0.2) is 9.84 Å². The van der Waals surface area contributed by atoms with E-state index < -0.39 is 15.8 Å². The lowest BCUT2D eigenvalue weighted by Crippen LogP contribution is -2.21. The molecule has 0 unspecified atom stereocenters. The summed E-state index contributed by atoms with van der Waals surface area (Å²) in [7, 11) is -0.515. The van der Waals surface area contributed by atoms with Gasteiger partial charge in [0.25, 0.3) is 0 Å². The van der Waals surface area contributed by atoms with Crippen LogP contribution >= 0.6 is 0 Å². The average molecular weight is 430 g/mol. The number of esters is 1. The van der Waals surface area contributed by atoms with Crippen molar-refractivity contribution in [2.75, 3.05) is 26.5 Å². The third-order valence-electron chi connectivity index (χ3n) is 4.65. The molecule has 0 aliphatic carbocycles. The molecule has 0 N–H and O–H groups in total. The van der Waals surface area contributed by atoms with Crippen molar-refractivity contribution < 1.29 is 22.7 Å². The van der Waals surface area contributed by atoms with Crippen molar-refractivity contribution >= 4 is 27.1 Å². The van der Waals surface area contributed by atoms with Crippen molar-refractivity contribution in [3.8, 4) is 5.75 Å². The molecule has 2 aromatic carbocycles. The van der Waals surface area contributed by atoms with Crippen LogP contribution in [-0.4, -0.2) is 46.6 Å². The van der Waals surface area contributed by atoms with Gasteiger partial charge in [0.2, 0.25) is 0 Å². The molecule has 0 aromatic heterocycles. The standard InChI is InChI=1S/C23H27NO5S/c1-5-29-23(25)15-21(17(2)18-11-13-19(28-4)14-12-18)22(24-3)16-30(26,27)20-9-7-6-8-10-20/h6-14H,5,15-16H2,1-4H3/b21-17+,24-22?. The fraction of sp³-hybridized carbons (Fsp3) is 0.304. The first kappa shape index (κ1) is 23.3. The van der Waals surface area contributed by atoms with Crippen LogP contribution in [0.3, 0.4) is 0 Å². The second kappa shape index (κ2) is 10.7. The highest BCUT2D eigenvalue weighted by molar-refractivity contribution is 7.92. The molecule has 0 heterocycles. The van der Waals surface area contributed by atoms with Gasteiger partial charge in [-0.15, -0.1) is 0 Å². The second-order valence-corrected chi connectivity index (χ2v) is 8.55. The predicted molar refractivity (Wildman–Crippen MR) is 119 cm³/mol. The molecule has 0 bridgehead atoms. The Morgan fingerprint density at radius 2 is 1.67 bits per heavy atom. The Labute approximate surface area is 178 Å². The Morgan fingerprint density at radius 3 is 2.20 bits per heavy atom. The molecule has 0 spiro atoms. The van der Waals surface area contributed by atoms with Gasteiger partial charge in [-0.1, -0.05) is 30.3 Å². The summed E-state index contributed by atoms with van der Waals surface area (Å²) in [4.78, 5) is 16.7. The molecule has 0 saturated heterocycles. The number of methoxy groups -OCH3 is 1. The largest absolute Gasteiger partial charge is 0.497 e. The topological polar surface area (TPSA) is 82.0 Å². The molecular formula is C23H27NO5S. The summed E-state index contributed by atoms with van der Waals surface area (Å²) in [5, 5.41) is 0. The summed E-state index contributed by atoms with van der Waals surface area (Å²) < 4.78 is 36.2. The van der Waals surface area contributed by atoms with Crippen molar-refractivity contribution in [2.45, 2.75) is 25.2 Å². The van der Waals surface area contributed by atoms with E-state index in [1.54, 1.807) is 44.4 Å². The zero-order chi connectivity index (χ0) is 22.1. The van der Waals surface area contributed by atoms with Gasteiger partial charge in [-0.3, -0.25) is 9.79 Å². The summed E-state index contributed by atoms with van der Waals surface area (Å²) in [5.41, 5.74) is 2.48. The van der Waals surface area contributed by atoms with Crippen molar-refractivity contribution in [3.63, 3.8) is 0 Å². The third-order valence-corrected chi connectivity index (χ3v) is 6.29. The Bertz CT molecular complexity index is 1020. The van der Waals surface area contributed by atoms with Crippen LogP contribution in [0.25, 0.3) is 5.57 Å². The Kier molecular flexibility index (Phi) is 8.35. The smallest absolute Gasteiger partial charge is 0.310 e. The average Bonchev–Trinajstić information content (AvgIpc) is 2.76. The number of aliphatic imine (C=N–C) groups is 1. The monoisotopic (exact) mass is 429 g/mol. The summed E-state index contributed by atoms with van der Waals surface area (Å²) in [6, 6.07) is 15.5. The zero-order valence-electron chi connectivity index (χ0n) is 17.7. The molecule has 2 rings (SSSR count). The van der Waals surface area contributed by atoms with E-state index in [-0.39, 0.29) is 23.7 Å². The van der Waals surface area contributed by atoms with Gasteiger partial charge in [0, 0.05) is 7.05 Å². The number of benzene rings is 2. The molecule has 0 radical (unpaired) electrons. The first-order valence-electron chi connectivity index (χ1n) is 9.56. The minimum atomic E-state index is -3.63. The molecule has 0 atom stereocenters. The van der Waals surface area contributed by atoms with Crippen LogP contribution in [-0.2, 0) is 19.4 Å². The van der Waals surface area contributed by atoms with Gasteiger partial charge in [-0.05, 0) is 54.8 Å². The first-order valence-corrected chi connectivity index (χ1v) is 11.2. The van der Waals surface area contributed by atoms with Crippen molar-refractivity contribution in [2.24, 2.45) is 4.99 Å². The number of carbonyl (C=O) groups excluding carboxylic acids is 1. The van der Waals surface area contributed by atoms with Crippen LogP contribution in [0.5, 0.6) is 5.75 Å². The first-order chi connectivity index (χ1) is 14.3. The number of carbonyl (C=O) groups is 1. The molecule has 0 amide bonds. The molecule has 0 aliphatic rings. The van der Waals surface area contributed by atoms with E-state index in [1.165, 1.54) is 7.05 Å². The quantitative estimate of drug-likeness (QED) is 0.445. The molecule has 30 heavy (non-hydrogen) atoms. The number of allylic oxidation sites excluding steroid dienone is 1. The zero-order valence-corrected chi connectivity index (χ0v) is 18.5. The van der Waals surface area contributed by atoms with Crippen LogP contribution in [0.2, 0.25) is 0 Å². The summed E-state index contributed by atoms with van der Waals surface area (Å²) in [6.07, 6.45) is -0.0668. The number of hydrogen-bond donors (Lipinski definition) is 0. The lowest BCUT2D eigenvalue weighted by atomic mass is 9.96. The lowest BCUT2D eigenvalue weighted by Gasteiger charge is -2.16. The van der Waals surface area contributed by atoms with E-state index in [9.17, 15) is 13.2 Å². The highest BCUT2D eigenvalue weighted by atomic mass is 32.2. The fourth-order valence-corrected chi connectivity index (χ4v) is 4.40. The van der Waals surface area contributed by atoms with Crippen LogP contribution in [0, 0.1) is 0 Å². The molecule has 0 aliphatic heterocycles. The van der Waals surface area contributed by atoms with Crippen LogP contribution in [0.15, 0.2) is 70.1 Å². The van der Waals surface area contributed by atoms with Gasteiger partial charge in [0.05, 0.1) is 36.5 Å². The van der Waals surface area contributed by atoms with Crippen LogP contribution < -0.4 is 4.74 Å². The van der Waals surface area contributed by atoms with Gasteiger partial charge < -0.3 is 9.47 Å². The number of ether oxygens (including phenoxy) is 2. The molecule has 2 aromatic rings. The number of sulfone groups is 1. The maximum absolute atomic E-state index is 12.9. The SMILES string of the molecule is CCOC(=O)C/C(C(CS(=O)(=O)c1ccccc1)=NC)=C(/C)c1ccc(OC)cc1. The highest BCUT2D eigenvalue weighted by Gasteiger charge is 2.23. The summed E-state index contributed by atoms with van der Waals surface area (Å²) in [6.45, 7) is 3.82. The molecule has 7 heteroatoms. The van der Waals surface area contributed by atoms with E-state index in [2.05, 4.69) is 4.99 Å². The fourth-order valence-electron chi connectivity index (χ4n) is 3.00. The van der Waals surface area contributed by atoms with E-state index in [4.69, 9.17) is 9.47 Å².